The van der Waals surface area contributed by atoms with E-state index in [0.29, 0.717) is 11.3 Å². The van der Waals surface area contributed by atoms with Gasteiger partial charge in [0.15, 0.2) is 16.4 Å². The molecule has 0 saturated carbocycles. The van der Waals surface area contributed by atoms with E-state index in [0.717, 1.165) is 30.0 Å². The number of carbonyl (C=O) groups excluding carboxylic acids is 1. The number of fused-ring (bicyclic) bond motifs is 1. The third kappa shape index (κ3) is 5.03. The molecule has 3 aromatic rings. The number of amides is 1. The summed E-state index contributed by atoms with van der Waals surface area (Å²) in [4.78, 5) is 24.0. The average Bonchev–Trinajstić information content (AvgIpc) is 2.66. The van der Waals surface area contributed by atoms with Gasteiger partial charge in [0, 0.05) is 23.8 Å². The van der Waals surface area contributed by atoms with Gasteiger partial charge < -0.3 is 14.5 Å². The number of anilines is 1. The molecule has 0 spiro atoms. The molecule has 152 valence electrons. The first-order valence-electron chi connectivity index (χ1n) is 9.06. The van der Waals surface area contributed by atoms with Crippen molar-refractivity contribution in [2.75, 3.05) is 18.2 Å². The molecular formula is C21H21NO6S. The van der Waals surface area contributed by atoms with Crippen molar-refractivity contribution in [2.45, 2.75) is 24.7 Å². The molecule has 0 aliphatic heterocycles. The van der Waals surface area contributed by atoms with Crippen molar-refractivity contribution in [2.24, 2.45) is 0 Å². The summed E-state index contributed by atoms with van der Waals surface area (Å²) in [5.74, 6) is -0.150. The van der Waals surface area contributed by atoms with E-state index in [1.165, 1.54) is 18.2 Å². The summed E-state index contributed by atoms with van der Waals surface area (Å²) < 4.78 is 34.4. The van der Waals surface area contributed by atoms with Crippen LogP contribution in [0.15, 0.2) is 62.6 Å². The summed E-state index contributed by atoms with van der Waals surface area (Å²) in [6.45, 7) is 1.70. The molecule has 8 heteroatoms. The molecule has 0 fully saturated rings. The molecule has 0 aliphatic rings. The summed E-state index contributed by atoms with van der Waals surface area (Å²) in [6.07, 6.45) is 2.72. The molecule has 0 radical (unpaired) electrons. The monoisotopic (exact) mass is 415 g/mol. The summed E-state index contributed by atoms with van der Waals surface area (Å²) in [5, 5.41) is 3.37. The van der Waals surface area contributed by atoms with Crippen molar-refractivity contribution in [3.63, 3.8) is 0 Å². The standard InChI is InChI=1S/C21H21NO6S/c1-3-6-14-11-21(24)28-18-12-15(9-10-16(14)18)27-13-20(23)22-17-7-4-5-8-19(17)29(2,25)26/h4-5,7-12H,3,6,13H2,1-2H3,(H,22,23). The second kappa shape index (κ2) is 8.48. The van der Waals surface area contributed by atoms with E-state index >= 15 is 0 Å². The third-order valence-electron chi connectivity index (χ3n) is 4.25. The van der Waals surface area contributed by atoms with Crippen LogP contribution in [-0.4, -0.2) is 27.2 Å². The van der Waals surface area contributed by atoms with E-state index in [1.807, 2.05) is 6.92 Å². The van der Waals surface area contributed by atoms with Gasteiger partial charge in [-0.1, -0.05) is 25.5 Å². The zero-order chi connectivity index (χ0) is 21.0. The Labute approximate surface area is 168 Å². The number of para-hydroxylation sites is 1. The number of carbonyl (C=O) groups is 1. The van der Waals surface area contributed by atoms with Gasteiger partial charge in [0.05, 0.1) is 10.6 Å². The second-order valence-electron chi connectivity index (χ2n) is 6.60. The SMILES string of the molecule is CCCc1cc(=O)oc2cc(OCC(=O)Nc3ccccc3S(C)(=O)=O)ccc12. The molecule has 1 amide bonds. The highest BCUT2D eigenvalue weighted by Crippen LogP contribution is 2.24. The van der Waals surface area contributed by atoms with Crippen LogP contribution >= 0.6 is 0 Å². The van der Waals surface area contributed by atoms with E-state index in [1.54, 1.807) is 30.3 Å². The minimum absolute atomic E-state index is 0.0317. The maximum Gasteiger partial charge on any atom is 0.336 e. The van der Waals surface area contributed by atoms with E-state index in [-0.39, 0.29) is 17.2 Å². The molecule has 0 atom stereocenters. The van der Waals surface area contributed by atoms with Gasteiger partial charge in [0.25, 0.3) is 5.91 Å². The number of sulfone groups is 1. The summed E-state index contributed by atoms with van der Waals surface area (Å²) in [7, 11) is -3.48. The Morgan fingerprint density at radius 3 is 2.62 bits per heavy atom. The molecule has 0 saturated heterocycles. The smallest absolute Gasteiger partial charge is 0.336 e. The van der Waals surface area contributed by atoms with Crippen molar-refractivity contribution in [1.29, 1.82) is 0 Å². The number of hydrogen-bond donors (Lipinski definition) is 1. The van der Waals surface area contributed by atoms with Gasteiger partial charge >= 0.3 is 5.63 Å². The van der Waals surface area contributed by atoms with Gasteiger partial charge in [0.2, 0.25) is 0 Å². The predicted molar refractivity (Wildman–Crippen MR) is 110 cm³/mol. The molecule has 0 unspecified atom stereocenters. The highest BCUT2D eigenvalue weighted by atomic mass is 32.2. The predicted octanol–water partition coefficient (Wildman–Crippen LogP) is 3.17. The molecule has 0 aliphatic carbocycles. The van der Waals surface area contributed by atoms with Gasteiger partial charge in [-0.3, -0.25) is 4.79 Å². The van der Waals surface area contributed by atoms with Gasteiger partial charge in [-0.25, -0.2) is 13.2 Å². The van der Waals surface area contributed by atoms with Crippen LogP contribution in [-0.2, 0) is 21.1 Å². The van der Waals surface area contributed by atoms with Crippen molar-refractivity contribution >= 4 is 32.4 Å². The Kier molecular flexibility index (Phi) is 6.03. The third-order valence-corrected chi connectivity index (χ3v) is 5.41. The van der Waals surface area contributed by atoms with Crippen LogP contribution in [0.5, 0.6) is 5.75 Å². The van der Waals surface area contributed by atoms with Crippen LogP contribution in [0.1, 0.15) is 18.9 Å². The molecule has 2 aromatic carbocycles. The van der Waals surface area contributed by atoms with Crippen LogP contribution < -0.4 is 15.7 Å². The maximum atomic E-state index is 12.2. The first kappa shape index (κ1) is 20.6. The van der Waals surface area contributed by atoms with Crippen LogP contribution in [0.25, 0.3) is 11.0 Å². The van der Waals surface area contributed by atoms with E-state index in [9.17, 15) is 18.0 Å². The normalized spacial score (nSPS) is 11.4. The Hall–Kier alpha value is -3.13. The molecular weight excluding hydrogens is 394 g/mol. The van der Waals surface area contributed by atoms with Gasteiger partial charge in [-0.05, 0) is 36.2 Å². The fraction of sp³-hybridized carbons (Fsp3) is 0.238. The number of rotatable bonds is 7. The lowest BCUT2D eigenvalue weighted by Crippen LogP contribution is -2.21. The Balaban J connectivity index is 1.74. The van der Waals surface area contributed by atoms with Crippen LogP contribution in [0.4, 0.5) is 5.69 Å². The topological polar surface area (TPSA) is 103 Å². The lowest BCUT2D eigenvalue weighted by molar-refractivity contribution is -0.118. The molecule has 29 heavy (non-hydrogen) atoms. The number of ether oxygens (including phenoxy) is 1. The Bertz CT molecular complexity index is 1210. The van der Waals surface area contributed by atoms with E-state index < -0.39 is 21.4 Å². The zero-order valence-electron chi connectivity index (χ0n) is 16.1. The number of hydrogen-bond acceptors (Lipinski definition) is 6. The van der Waals surface area contributed by atoms with Crippen molar-refractivity contribution in [3.05, 3.63) is 64.5 Å². The van der Waals surface area contributed by atoms with Gasteiger partial charge in [0.1, 0.15) is 11.3 Å². The molecule has 1 heterocycles. The minimum Gasteiger partial charge on any atom is -0.484 e. The van der Waals surface area contributed by atoms with Gasteiger partial charge in [-0.2, -0.15) is 0 Å². The molecule has 0 bridgehead atoms. The van der Waals surface area contributed by atoms with Gasteiger partial charge in [-0.15, -0.1) is 0 Å². The molecule has 3 rings (SSSR count). The highest BCUT2D eigenvalue weighted by molar-refractivity contribution is 7.90. The molecule has 1 N–H and O–H groups in total. The Morgan fingerprint density at radius 1 is 1.14 bits per heavy atom. The fourth-order valence-electron chi connectivity index (χ4n) is 3.00. The summed E-state index contributed by atoms with van der Waals surface area (Å²) in [5.41, 5.74) is 1.05. The van der Waals surface area contributed by atoms with Crippen LogP contribution in [0.3, 0.4) is 0 Å². The largest absolute Gasteiger partial charge is 0.484 e. The van der Waals surface area contributed by atoms with Crippen LogP contribution in [0.2, 0.25) is 0 Å². The number of benzene rings is 2. The lowest BCUT2D eigenvalue weighted by Gasteiger charge is -2.11. The first-order chi connectivity index (χ1) is 13.8. The van der Waals surface area contributed by atoms with Crippen molar-refractivity contribution in [3.8, 4) is 5.75 Å². The zero-order valence-corrected chi connectivity index (χ0v) is 16.9. The summed E-state index contributed by atoms with van der Waals surface area (Å²) in [6, 6.07) is 12.7. The highest BCUT2D eigenvalue weighted by Gasteiger charge is 2.15. The number of aryl methyl sites for hydroxylation is 1. The minimum atomic E-state index is -3.48. The molecule has 1 aromatic heterocycles. The van der Waals surface area contributed by atoms with Crippen LogP contribution in [0, 0.1) is 0 Å². The van der Waals surface area contributed by atoms with E-state index in [2.05, 4.69) is 5.32 Å². The summed E-state index contributed by atoms with van der Waals surface area (Å²) >= 11 is 0. The Morgan fingerprint density at radius 2 is 1.90 bits per heavy atom. The van der Waals surface area contributed by atoms with Crippen molar-refractivity contribution < 1.29 is 22.4 Å². The number of nitrogens with one attached hydrogen (secondary N) is 1. The van der Waals surface area contributed by atoms with Crippen molar-refractivity contribution in [1.82, 2.24) is 0 Å². The molecule has 7 nitrogen and oxygen atoms in total. The first-order valence-corrected chi connectivity index (χ1v) is 11.0. The lowest BCUT2D eigenvalue weighted by atomic mass is 10.1. The fourth-order valence-corrected chi connectivity index (χ4v) is 3.85. The quantitative estimate of drug-likeness (QED) is 0.595. The average molecular weight is 415 g/mol. The maximum absolute atomic E-state index is 12.2. The van der Waals surface area contributed by atoms with E-state index in [4.69, 9.17) is 9.15 Å². The second-order valence-corrected chi connectivity index (χ2v) is 8.59.